The van der Waals surface area contributed by atoms with Crippen molar-refractivity contribution in [2.45, 2.75) is 11.8 Å². The van der Waals surface area contributed by atoms with Crippen LogP contribution in [0.3, 0.4) is 0 Å². The normalized spacial score (nSPS) is 11.5. The van der Waals surface area contributed by atoms with Crippen molar-refractivity contribution in [3.8, 4) is 17.1 Å². The Morgan fingerprint density at radius 1 is 1.05 bits per heavy atom. The second-order valence-electron chi connectivity index (χ2n) is 5.07. The zero-order chi connectivity index (χ0) is 15.7. The molecule has 6 heteroatoms. The maximum Gasteiger partial charge on any atom is 0.177 e. The molecule has 3 aromatic rings. The number of hydrogen-bond acceptors (Lipinski definition) is 4. The summed E-state index contributed by atoms with van der Waals surface area (Å²) >= 11 is 0. The first-order valence-corrected chi connectivity index (χ1v) is 8.63. The minimum absolute atomic E-state index is 0.198. The van der Waals surface area contributed by atoms with Crippen molar-refractivity contribution in [2.24, 2.45) is 0 Å². The minimum atomic E-state index is -3.24. The van der Waals surface area contributed by atoms with Gasteiger partial charge in [-0.15, -0.1) is 0 Å². The Hall–Kier alpha value is -2.47. The molecule has 0 aliphatic rings. The average molecular weight is 313 g/mol. The first-order chi connectivity index (χ1) is 10.4. The van der Waals surface area contributed by atoms with Crippen LogP contribution in [0.2, 0.25) is 0 Å². The first kappa shape index (κ1) is 14.5. The molecule has 2 heterocycles. The number of pyridine rings is 1. The summed E-state index contributed by atoms with van der Waals surface area (Å²) in [5, 5.41) is 4.55. The SMILES string of the molecule is Cc1cc(-c2ccccc2)nn1-c1ccc(S(C)(=O)=O)cn1. The molecular formula is C16H15N3O2S. The van der Waals surface area contributed by atoms with E-state index in [1.54, 1.807) is 16.8 Å². The van der Waals surface area contributed by atoms with Crippen LogP contribution in [0.5, 0.6) is 0 Å². The summed E-state index contributed by atoms with van der Waals surface area (Å²) in [7, 11) is -3.24. The van der Waals surface area contributed by atoms with E-state index >= 15 is 0 Å². The van der Waals surface area contributed by atoms with Crippen LogP contribution < -0.4 is 0 Å². The molecule has 3 rings (SSSR count). The van der Waals surface area contributed by atoms with E-state index < -0.39 is 9.84 Å². The highest BCUT2D eigenvalue weighted by molar-refractivity contribution is 7.90. The number of benzene rings is 1. The van der Waals surface area contributed by atoms with Gasteiger partial charge in [-0.1, -0.05) is 30.3 Å². The van der Waals surface area contributed by atoms with Gasteiger partial charge in [-0.2, -0.15) is 5.10 Å². The molecule has 0 spiro atoms. The number of aromatic nitrogens is 3. The van der Waals surface area contributed by atoms with E-state index in [1.807, 2.05) is 43.3 Å². The molecule has 5 nitrogen and oxygen atoms in total. The molecule has 0 atom stereocenters. The van der Waals surface area contributed by atoms with Crippen LogP contribution in [0.25, 0.3) is 17.1 Å². The van der Waals surface area contributed by atoms with Gasteiger partial charge in [0.05, 0.1) is 10.6 Å². The number of sulfone groups is 1. The standard InChI is InChI=1S/C16H15N3O2S/c1-12-10-15(13-6-4-3-5-7-13)18-19(12)16-9-8-14(11-17-16)22(2,20)21/h3-11H,1-2H3. The third kappa shape index (κ3) is 2.78. The van der Waals surface area contributed by atoms with Crippen molar-refractivity contribution in [3.63, 3.8) is 0 Å². The summed E-state index contributed by atoms with van der Waals surface area (Å²) in [6, 6.07) is 15.0. The summed E-state index contributed by atoms with van der Waals surface area (Å²) in [6.45, 7) is 1.94. The molecule has 0 aliphatic heterocycles. The highest BCUT2D eigenvalue weighted by atomic mass is 32.2. The van der Waals surface area contributed by atoms with Crippen LogP contribution in [-0.2, 0) is 9.84 Å². The maximum atomic E-state index is 11.5. The molecule has 1 aromatic carbocycles. The predicted molar refractivity (Wildman–Crippen MR) is 84.6 cm³/mol. The van der Waals surface area contributed by atoms with Gasteiger partial charge < -0.3 is 0 Å². The molecule has 0 radical (unpaired) electrons. The Kier molecular flexibility index (Phi) is 3.54. The minimum Gasteiger partial charge on any atom is -0.236 e. The van der Waals surface area contributed by atoms with Crippen molar-refractivity contribution in [2.75, 3.05) is 6.26 Å². The summed E-state index contributed by atoms with van der Waals surface area (Å²) in [6.07, 6.45) is 2.52. The lowest BCUT2D eigenvalue weighted by Crippen LogP contribution is -2.04. The number of hydrogen-bond donors (Lipinski definition) is 0. The summed E-state index contributed by atoms with van der Waals surface area (Å²) in [5.74, 6) is 0.590. The molecule has 0 bridgehead atoms. The van der Waals surface area contributed by atoms with Gasteiger partial charge in [0.15, 0.2) is 15.7 Å². The molecule has 112 valence electrons. The summed E-state index contributed by atoms with van der Waals surface area (Å²) in [5.41, 5.74) is 2.81. The Morgan fingerprint density at radius 2 is 1.77 bits per heavy atom. The van der Waals surface area contributed by atoms with E-state index in [1.165, 1.54) is 6.20 Å². The van der Waals surface area contributed by atoms with Crippen molar-refractivity contribution < 1.29 is 8.42 Å². The molecular weight excluding hydrogens is 298 g/mol. The molecule has 22 heavy (non-hydrogen) atoms. The molecule has 0 amide bonds. The number of rotatable bonds is 3. The first-order valence-electron chi connectivity index (χ1n) is 6.74. The lowest BCUT2D eigenvalue weighted by molar-refractivity contribution is 0.601. The third-order valence-corrected chi connectivity index (χ3v) is 4.42. The monoisotopic (exact) mass is 313 g/mol. The predicted octanol–water partition coefficient (Wildman–Crippen LogP) is 2.65. The maximum absolute atomic E-state index is 11.5. The van der Waals surface area contributed by atoms with E-state index in [4.69, 9.17) is 0 Å². The van der Waals surface area contributed by atoms with Crippen LogP contribution in [0.4, 0.5) is 0 Å². The van der Waals surface area contributed by atoms with Gasteiger partial charge in [0, 0.05) is 23.7 Å². The highest BCUT2D eigenvalue weighted by Gasteiger charge is 2.11. The van der Waals surface area contributed by atoms with Crippen LogP contribution >= 0.6 is 0 Å². The van der Waals surface area contributed by atoms with Crippen LogP contribution in [0, 0.1) is 6.92 Å². The van der Waals surface area contributed by atoms with Gasteiger partial charge >= 0.3 is 0 Å². The summed E-state index contributed by atoms with van der Waals surface area (Å²) < 4.78 is 24.7. The van der Waals surface area contributed by atoms with Crippen LogP contribution in [0.15, 0.2) is 59.6 Å². The summed E-state index contributed by atoms with van der Waals surface area (Å²) in [4.78, 5) is 4.40. The van der Waals surface area contributed by atoms with E-state index in [-0.39, 0.29) is 4.90 Å². The van der Waals surface area contributed by atoms with Crippen molar-refractivity contribution in [1.29, 1.82) is 0 Å². The fourth-order valence-corrected chi connectivity index (χ4v) is 2.73. The number of nitrogens with zero attached hydrogens (tertiary/aromatic N) is 3. The zero-order valence-corrected chi connectivity index (χ0v) is 13.1. The largest absolute Gasteiger partial charge is 0.236 e. The molecule has 0 aliphatic carbocycles. The lowest BCUT2D eigenvalue weighted by atomic mass is 10.1. The average Bonchev–Trinajstić information content (AvgIpc) is 2.89. The highest BCUT2D eigenvalue weighted by Crippen LogP contribution is 2.20. The van der Waals surface area contributed by atoms with E-state index in [2.05, 4.69) is 10.1 Å². The third-order valence-electron chi connectivity index (χ3n) is 3.32. The Balaban J connectivity index is 2.01. The van der Waals surface area contributed by atoms with Gasteiger partial charge in [0.1, 0.15) is 0 Å². The Bertz CT molecular complexity index is 898. The van der Waals surface area contributed by atoms with Crippen molar-refractivity contribution in [1.82, 2.24) is 14.8 Å². The van der Waals surface area contributed by atoms with Gasteiger partial charge in [-0.25, -0.2) is 18.1 Å². The molecule has 0 unspecified atom stereocenters. The van der Waals surface area contributed by atoms with E-state index in [0.29, 0.717) is 5.82 Å². The molecule has 0 fully saturated rings. The Morgan fingerprint density at radius 3 is 2.36 bits per heavy atom. The Labute approximate surface area is 129 Å². The topological polar surface area (TPSA) is 64.8 Å². The van der Waals surface area contributed by atoms with Gasteiger partial charge in [-0.05, 0) is 25.1 Å². The molecule has 0 saturated carbocycles. The molecule has 2 aromatic heterocycles. The van der Waals surface area contributed by atoms with Gasteiger partial charge in [0.2, 0.25) is 0 Å². The molecule has 0 saturated heterocycles. The lowest BCUT2D eigenvalue weighted by Gasteiger charge is -2.04. The molecule has 0 N–H and O–H groups in total. The van der Waals surface area contributed by atoms with Crippen LogP contribution in [-0.4, -0.2) is 29.4 Å². The smallest absolute Gasteiger partial charge is 0.177 e. The van der Waals surface area contributed by atoms with Crippen LogP contribution in [0.1, 0.15) is 5.69 Å². The van der Waals surface area contributed by atoms with Crippen molar-refractivity contribution >= 4 is 9.84 Å². The van der Waals surface area contributed by atoms with E-state index in [9.17, 15) is 8.42 Å². The van der Waals surface area contributed by atoms with Crippen molar-refractivity contribution in [3.05, 3.63) is 60.4 Å². The van der Waals surface area contributed by atoms with E-state index in [0.717, 1.165) is 23.2 Å². The number of aryl methyl sites for hydroxylation is 1. The van der Waals surface area contributed by atoms with Gasteiger partial charge in [0.25, 0.3) is 0 Å². The second kappa shape index (κ2) is 5.38. The zero-order valence-electron chi connectivity index (χ0n) is 12.3. The second-order valence-corrected chi connectivity index (χ2v) is 7.09. The van der Waals surface area contributed by atoms with Gasteiger partial charge in [-0.3, -0.25) is 0 Å². The fourth-order valence-electron chi connectivity index (χ4n) is 2.17. The quantitative estimate of drug-likeness (QED) is 0.745. The fraction of sp³-hybridized carbons (Fsp3) is 0.125.